The van der Waals surface area contributed by atoms with Crippen molar-refractivity contribution in [1.29, 1.82) is 0 Å². The van der Waals surface area contributed by atoms with Gasteiger partial charge in [-0.05, 0) is 12.1 Å². The van der Waals surface area contributed by atoms with Gasteiger partial charge in [-0.1, -0.05) is 5.04 Å². The zero-order chi connectivity index (χ0) is 9.68. The van der Waals surface area contributed by atoms with Crippen molar-refractivity contribution in [1.82, 2.24) is 0 Å². The largest absolute Gasteiger partial charge is 0.209 e. The van der Waals surface area contributed by atoms with Gasteiger partial charge in [-0.15, -0.1) is 4.33 Å². The van der Waals surface area contributed by atoms with Gasteiger partial charge in [-0.2, -0.15) is 0 Å². The predicted octanol–water partition coefficient (Wildman–Crippen LogP) is 2.48. The Balaban J connectivity index is 2.56. The number of benzene rings is 1. The van der Waals surface area contributed by atoms with E-state index in [1.165, 1.54) is 7.11 Å². The van der Waals surface area contributed by atoms with Crippen molar-refractivity contribution in [2.24, 2.45) is 0 Å². The fraction of sp³-hybridized carbons (Fsp3) is 0.143. The molecule has 0 fully saturated rings. The lowest BCUT2D eigenvalue weighted by atomic mass is 10.3. The first-order chi connectivity index (χ1) is 6.22. The highest BCUT2D eigenvalue weighted by atomic mass is 32.2. The summed E-state index contributed by atoms with van der Waals surface area (Å²) in [5, 5.41) is 4.04. The molecule has 0 amide bonds. The van der Waals surface area contributed by atoms with Crippen LogP contribution in [0.2, 0.25) is 0 Å². The molecule has 0 aromatic heterocycles. The first-order valence-corrected chi connectivity index (χ1v) is 3.96. The van der Waals surface area contributed by atoms with E-state index >= 15 is 0 Å². The number of hydrogen-bond donors (Lipinski definition) is 0. The monoisotopic (exact) mass is 208 g/mol. The molecule has 0 atom stereocenters. The summed E-state index contributed by atoms with van der Waals surface area (Å²) in [5.74, 6) is -1.35. The maximum Gasteiger partial charge on any atom is 0.127 e. The van der Waals surface area contributed by atoms with E-state index in [1.807, 2.05) is 0 Å². The molecule has 13 heavy (non-hydrogen) atoms. The first-order valence-electron chi connectivity index (χ1n) is 3.22. The molecule has 0 spiro atoms. The van der Waals surface area contributed by atoms with Gasteiger partial charge in [0.2, 0.25) is 0 Å². The Kier molecular flexibility index (Phi) is 4.10. The van der Waals surface area contributed by atoms with E-state index in [0.29, 0.717) is 12.0 Å². The van der Waals surface area contributed by atoms with E-state index < -0.39 is 11.6 Å². The molecular weight excluding hydrogens is 202 g/mol. The van der Waals surface area contributed by atoms with Crippen LogP contribution in [0.5, 0.6) is 0 Å². The number of halogens is 2. The van der Waals surface area contributed by atoms with Crippen LogP contribution in [0, 0.1) is 11.6 Å². The average Bonchev–Trinajstić information content (AvgIpc) is 2.03. The van der Waals surface area contributed by atoms with Gasteiger partial charge in [0.15, 0.2) is 0 Å². The zero-order valence-electron chi connectivity index (χ0n) is 6.62. The van der Waals surface area contributed by atoms with Gasteiger partial charge in [-0.3, -0.25) is 0 Å². The normalized spacial score (nSPS) is 10.4. The third kappa shape index (κ3) is 3.69. The van der Waals surface area contributed by atoms with E-state index in [4.69, 9.17) is 0 Å². The molecule has 0 bridgehead atoms. The van der Waals surface area contributed by atoms with Crippen molar-refractivity contribution < 1.29 is 23.0 Å². The van der Waals surface area contributed by atoms with Crippen LogP contribution in [0.4, 0.5) is 8.78 Å². The molecule has 1 aromatic carbocycles. The van der Waals surface area contributed by atoms with Gasteiger partial charge in [0.25, 0.3) is 0 Å². The molecule has 0 saturated heterocycles. The SMILES string of the molecule is COOOSc1cc(F)cc(F)c1. The van der Waals surface area contributed by atoms with Crippen LogP contribution in [0.15, 0.2) is 23.1 Å². The summed E-state index contributed by atoms with van der Waals surface area (Å²) < 4.78 is 29.5. The average molecular weight is 208 g/mol. The molecule has 0 saturated carbocycles. The molecule has 0 heterocycles. The Hall–Kier alpha value is -0.690. The Morgan fingerprint density at radius 1 is 1.15 bits per heavy atom. The van der Waals surface area contributed by atoms with Crippen LogP contribution in [0.25, 0.3) is 0 Å². The fourth-order valence-electron chi connectivity index (χ4n) is 0.658. The van der Waals surface area contributed by atoms with E-state index in [2.05, 4.69) is 14.3 Å². The highest BCUT2D eigenvalue weighted by molar-refractivity contribution is 7.94. The molecule has 72 valence electrons. The van der Waals surface area contributed by atoms with Crippen molar-refractivity contribution in [3.63, 3.8) is 0 Å². The van der Waals surface area contributed by atoms with Gasteiger partial charge in [0, 0.05) is 11.0 Å². The third-order valence-electron chi connectivity index (χ3n) is 1.06. The minimum Gasteiger partial charge on any atom is -0.209 e. The van der Waals surface area contributed by atoms with E-state index in [1.54, 1.807) is 0 Å². The minimum absolute atomic E-state index is 0.245. The lowest BCUT2D eigenvalue weighted by molar-refractivity contribution is -0.447. The van der Waals surface area contributed by atoms with Crippen LogP contribution >= 0.6 is 12.0 Å². The molecule has 6 heteroatoms. The second kappa shape index (κ2) is 5.13. The van der Waals surface area contributed by atoms with Gasteiger partial charge < -0.3 is 0 Å². The molecule has 0 aliphatic heterocycles. The topological polar surface area (TPSA) is 27.7 Å². The molecule has 3 nitrogen and oxygen atoms in total. The molecular formula is C7H6F2O3S. The number of hydrogen-bond acceptors (Lipinski definition) is 4. The van der Waals surface area contributed by atoms with Gasteiger partial charge in [0.1, 0.15) is 11.6 Å². The molecule has 1 aromatic rings. The van der Waals surface area contributed by atoms with E-state index in [-0.39, 0.29) is 4.90 Å². The molecule has 0 aliphatic rings. The second-order valence-electron chi connectivity index (χ2n) is 1.99. The smallest absolute Gasteiger partial charge is 0.127 e. The maximum absolute atomic E-state index is 12.6. The van der Waals surface area contributed by atoms with Crippen LogP contribution in [-0.4, -0.2) is 7.11 Å². The van der Waals surface area contributed by atoms with Crippen LogP contribution in [-0.2, 0) is 14.3 Å². The lowest BCUT2D eigenvalue weighted by Gasteiger charge is -1.99. The Bertz CT molecular complexity index is 262. The summed E-state index contributed by atoms with van der Waals surface area (Å²) >= 11 is 0.646. The second-order valence-corrected chi connectivity index (χ2v) is 2.77. The molecule has 0 radical (unpaired) electrons. The lowest BCUT2D eigenvalue weighted by Crippen LogP contribution is -1.86. The third-order valence-corrected chi connectivity index (χ3v) is 1.61. The highest BCUT2D eigenvalue weighted by Gasteiger charge is 2.02. The van der Waals surface area contributed by atoms with Gasteiger partial charge in [0.05, 0.1) is 19.2 Å². The molecule has 0 unspecified atom stereocenters. The van der Waals surface area contributed by atoms with Crippen LogP contribution in [0.3, 0.4) is 0 Å². The molecule has 0 aliphatic carbocycles. The van der Waals surface area contributed by atoms with E-state index in [0.717, 1.165) is 18.2 Å². The predicted molar refractivity (Wildman–Crippen MR) is 41.4 cm³/mol. The van der Waals surface area contributed by atoms with Crippen molar-refractivity contribution in [3.05, 3.63) is 29.8 Å². The summed E-state index contributed by atoms with van der Waals surface area (Å²) in [4.78, 5) is 4.34. The number of rotatable bonds is 4. The van der Waals surface area contributed by atoms with E-state index in [9.17, 15) is 8.78 Å². The van der Waals surface area contributed by atoms with Crippen LogP contribution < -0.4 is 0 Å². The fourth-order valence-corrected chi connectivity index (χ4v) is 1.14. The Morgan fingerprint density at radius 2 is 1.77 bits per heavy atom. The first kappa shape index (κ1) is 10.4. The zero-order valence-corrected chi connectivity index (χ0v) is 7.44. The van der Waals surface area contributed by atoms with Crippen molar-refractivity contribution in [2.45, 2.75) is 4.90 Å². The molecule has 1 rings (SSSR count). The summed E-state index contributed by atoms with van der Waals surface area (Å²) in [6.07, 6.45) is 0. The summed E-state index contributed by atoms with van der Waals surface area (Å²) in [5.41, 5.74) is 0. The van der Waals surface area contributed by atoms with Gasteiger partial charge >= 0.3 is 0 Å². The summed E-state index contributed by atoms with van der Waals surface area (Å²) in [7, 11) is 1.24. The highest BCUT2D eigenvalue weighted by Crippen LogP contribution is 2.21. The van der Waals surface area contributed by atoms with Crippen molar-refractivity contribution >= 4 is 12.0 Å². The maximum atomic E-state index is 12.6. The van der Waals surface area contributed by atoms with Crippen LogP contribution in [0.1, 0.15) is 0 Å². The standard InChI is InChI=1S/C7H6F2O3S/c1-10-11-12-13-7-3-5(8)2-6(9)4-7/h2-4H,1H3. The minimum atomic E-state index is -0.677. The molecule has 0 N–H and O–H groups in total. The summed E-state index contributed by atoms with van der Waals surface area (Å²) in [6, 6.07) is 2.97. The quantitative estimate of drug-likeness (QED) is 0.329. The van der Waals surface area contributed by atoms with Crippen molar-refractivity contribution in [2.75, 3.05) is 7.11 Å². The Labute approximate surface area is 77.7 Å². The van der Waals surface area contributed by atoms with Gasteiger partial charge in [-0.25, -0.2) is 13.7 Å². The van der Waals surface area contributed by atoms with Crippen molar-refractivity contribution in [3.8, 4) is 0 Å². The summed E-state index contributed by atoms with van der Waals surface area (Å²) in [6.45, 7) is 0. The Morgan fingerprint density at radius 3 is 2.31 bits per heavy atom.